The number of nitrogens with zero attached hydrogens (tertiary/aromatic N) is 3. The maximum Gasteiger partial charge on any atom is 0.251 e. The summed E-state index contributed by atoms with van der Waals surface area (Å²) < 4.78 is 5.53. The van der Waals surface area contributed by atoms with Crippen molar-refractivity contribution >= 4 is 5.91 Å². The fraction of sp³-hybridized carbons (Fsp3) is 0.895. The molecule has 0 aromatic rings. The van der Waals surface area contributed by atoms with Crippen molar-refractivity contribution in [3.8, 4) is 6.07 Å². The number of piperidine rings is 1. The van der Waals surface area contributed by atoms with Crippen LogP contribution in [0.1, 0.15) is 45.4 Å². The Morgan fingerprint density at radius 1 is 1.32 bits per heavy atom. The predicted molar refractivity (Wildman–Crippen MR) is 93.8 cm³/mol. The average molecular weight is 346 g/mol. The first-order valence-electron chi connectivity index (χ1n) is 9.90. The summed E-state index contributed by atoms with van der Waals surface area (Å²) in [5.74, 6) is 0.970. The molecule has 3 saturated heterocycles. The summed E-state index contributed by atoms with van der Waals surface area (Å²) in [4.78, 5) is 16.9. The zero-order valence-electron chi connectivity index (χ0n) is 15.2. The highest BCUT2D eigenvalue weighted by Crippen LogP contribution is 2.36. The maximum absolute atomic E-state index is 12.5. The maximum atomic E-state index is 12.5. The molecule has 3 aliphatic heterocycles. The molecule has 0 aromatic heterocycles. The molecule has 4 aliphatic rings. The average Bonchev–Trinajstić information content (AvgIpc) is 3.05. The fourth-order valence-corrected chi connectivity index (χ4v) is 4.74. The Balaban J connectivity index is 1.30. The predicted octanol–water partition coefficient (Wildman–Crippen LogP) is 1.12. The molecule has 0 radical (unpaired) electrons. The van der Waals surface area contributed by atoms with Crippen LogP contribution in [0.3, 0.4) is 0 Å². The highest BCUT2D eigenvalue weighted by atomic mass is 16.5. The quantitative estimate of drug-likeness (QED) is 0.808. The summed E-state index contributed by atoms with van der Waals surface area (Å²) >= 11 is 0. The van der Waals surface area contributed by atoms with Crippen molar-refractivity contribution in [3.63, 3.8) is 0 Å². The summed E-state index contributed by atoms with van der Waals surface area (Å²) in [6, 6.07) is 3.72. The lowest BCUT2D eigenvalue weighted by molar-refractivity contribution is -0.157. The van der Waals surface area contributed by atoms with Gasteiger partial charge in [-0.25, -0.2) is 0 Å². The van der Waals surface area contributed by atoms with E-state index in [1.165, 1.54) is 6.42 Å². The van der Waals surface area contributed by atoms with E-state index in [1.54, 1.807) is 0 Å². The van der Waals surface area contributed by atoms with Crippen molar-refractivity contribution in [1.82, 2.24) is 15.1 Å². The van der Waals surface area contributed by atoms with Gasteiger partial charge in [-0.15, -0.1) is 0 Å². The summed E-state index contributed by atoms with van der Waals surface area (Å²) in [5.41, 5.74) is -0.124. The van der Waals surface area contributed by atoms with Crippen LogP contribution >= 0.6 is 0 Å². The van der Waals surface area contributed by atoms with Crippen molar-refractivity contribution < 1.29 is 9.53 Å². The lowest BCUT2D eigenvalue weighted by atomic mass is 9.82. The Kier molecular flexibility index (Phi) is 4.74. The van der Waals surface area contributed by atoms with E-state index >= 15 is 0 Å². The van der Waals surface area contributed by atoms with Crippen molar-refractivity contribution in [2.45, 2.75) is 69.2 Å². The first-order valence-corrected chi connectivity index (χ1v) is 9.90. The lowest BCUT2D eigenvalue weighted by Crippen LogP contribution is -2.73. The van der Waals surface area contributed by atoms with Crippen LogP contribution in [0.5, 0.6) is 0 Å². The Morgan fingerprint density at radius 2 is 2.04 bits per heavy atom. The first kappa shape index (κ1) is 17.3. The van der Waals surface area contributed by atoms with Gasteiger partial charge in [0.1, 0.15) is 6.10 Å². The van der Waals surface area contributed by atoms with Gasteiger partial charge in [-0.05, 0) is 38.0 Å². The molecular weight excluding hydrogens is 316 g/mol. The van der Waals surface area contributed by atoms with Crippen LogP contribution in [0.25, 0.3) is 0 Å². The number of hydrogen-bond acceptors (Lipinski definition) is 5. The minimum absolute atomic E-state index is 0.124. The molecule has 4 fully saturated rings. The third-order valence-corrected chi connectivity index (χ3v) is 6.62. The van der Waals surface area contributed by atoms with E-state index in [1.807, 2.05) is 4.90 Å². The number of rotatable bonds is 5. The van der Waals surface area contributed by atoms with Crippen molar-refractivity contribution in [2.75, 3.05) is 32.8 Å². The summed E-state index contributed by atoms with van der Waals surface area (Å²) in [6.45, 7) is 6.45. The third-order valence-electron chi connectivity index (χ3n) is 6.62. The molecule has 1 amide bonds. The largest absolute Gasteiger partial charge is 0.368 e. The normalized spacial score (nSPS) is 35.2. The first-order chi connectivity index (χ1) is 12.1. The molecule has 3 atom stereocenters. The molecule has 6 nitrogen and oxygen atoms in total. The lowest BCUT2D eigenvalue weighted by Gasteiger charge is -2.56. The van der Waals surface area contributed by atoms with Gasteiger partial charge in [-0.1, -0.05) is 6.92 Å². The van der Waals surface area contributed by atoms with Gasteiger partial charge < -0.3 is 15.0 Å². The van der Waals surface area contributed by atoms with Crippen LogP contribution in [0.4, 0.5) is 0 Å². The zero-order chi connectivity index (χ0) is 17.4. The molecule has 0 aromatic carbocycles. The van der Waals surface area contributed by atoms with Gasteiger partial charge in [0.05, 0.1) is 18.0 Å². The molecule has 138 valence electrons. The van der Waals surface area contributed by atoms with Gasteiger partial charge in [0, 0.05) is 44.9 Å². The molecule has 0 bridgehead atoms. The topological polar surface area (TPSA) is 68.6 Å². The SMILES string of the molecule is C[C@@H]1C[C@H]1NC1CCN(C2(CC#N)CN(C(=O)C3CCCO3)C2)CC1. The van der Waals surface area contributed by atoms with E-state index in [0.717, 1.165) is 50.7 Å². The molecule has 4 rings (SSSR count). The van der Waals surface area contributed by atoms with E-state index in [4.69, 9.17) is 4.74 Å². The van der Waals surface area contributed by atoms with Gasteiger partial charge in [0.2, 0.25) is 0 Å². The van der Waals surface area contributed by atoms with Crippen molar-refractivity contribution in [3.05, 3.63) is 0 Å². The second kappa shape index (κ2) is 6.86. The number of hydrogen-bond donors (Lipinski definition) is 1. The van der Waals surface area contributed by atoms with Crippen LogP contribution in [-0.2, 0) is 9.53 Å². The monoisotopic (exact) mass is 346 g/mol. The molecule has 0 spiro atoms. The Hall–Kier alpha value is -1.16. The van der Waals surface area contributed by atoms with Gasteiger partial charge in [-0.2, -0.15) is 5.26 Å². The van der Waals surface area contributed by atoms with Crippen LogP contribution in [0.15, 0.2) is 0 Å². The summed E-state index contributed by atoms with van der Waals surface area (Å²) in [5, 5.41) is 13.1. The molecule has 3 heterocycles. The molecule has 1 saturated carbocycles. The number of carbonyl (C=O) groups excluding carboxylic acids is 1. The Bertz CT molecular complexity index is 540. The highest BCUT2D eigenvalue weighted by Gasteiger charge is 2.51. The number of nitrogens with one attached hydrogen (secondary N) is 1. The molecule has 6 heteroatoms. The highest BCUT2D eigenvalue weighted by molar-refractivity contribution is 5.82. The van der Waals surface area contributed by atoms with Crippen molar-refractivity contribution in [2.24, 2.45) is 5.92 Å². The third kappa shape index (κ3) is 3.42. The number of carbonyl (C=O) groups is 1. The van der Waals surface area contributed by atoms with Gasteiger partial charge >= 0.3 is 0 Å². The smallest absolute Gasteiger partial charge is 0.251 e. The summed E-state index contributed by atoms with van der Waals surface area (Å²) in [7, 11) is 0. The van der Waals surface area contributed by atoms with E-state index in [9.17, 15) is 10.1 Å². The van der Waals surface area contributed by atoms with Gasteiger partial charge in [-0.3, -0.25) is 9.69 Å². The Morgan fingerprint density at radius 3 is 2.60 bits per heavy atom. The number of ether oxygens (including phenoxy) is 1. The second-order valence-electron chi connectivity index (χ2n) is 8.50. The number of amides is 1. The molecular formula is C19H30N4O2. The standard InChI is InChI=1S/C19H30N4O2/c1-14-11-16(14)21-15-4-8-23(9-5-15)19(6-7-20)12-22(13-19)18(24)17-3-2-10-25-17/h14-17,21H,2-6,8-13H2,1H3/t14-,16-,17?/m1/s1. The second-order valence-corrected chi connectivity index (χ2v) is 8.50. The minimum atomic E-state index is -0.240. The fourth-order valence-electron chi connectivity index (χ4n) is 4.74. The van der Waals surface area contributed by atoms with Crippen LogP contribution in [0, 0.1) is 17.2 Å². The zero-order valence-corrected chi connectivity index (χ0v) is 15.2. The minimum Gasteiger partial charge on any atom is -0.368 e. The van der Waals surface area contributed by atoms with E-state index < -0.39 is 0 Å². The van der Waals surface area contributed by atoms with Crippen LogP contribution < -0.4 is 5.32 Å². The Labute approximate surface area is 150 Å². The van der Waals surface area contributed by atoms with E-state index in [2.05, 4.69) is 23.2 Å². The molecule has 1 aliphatic carbocycles. The molecule has 1 N–H and O–H groups in total. The van der Waals surface area contributed by atoms with Crippen LogP contribution in [0.2, 0.25) is 0 Å². The van der Waals surface area contributed by atoms with Gasteiger partial charge in [0.15, 0.2) is 0 Å². The van der Waals surface area contributed by atoms with Crippen molar-refractivity contribution in [1.29, 1.82) is 5.26 Å². The van der Waals surface area contributed by atoms with E-state index in [0.29, 0.717) is 32.2 Å². The molecule has 25 heavy (non-hydrogen) atoms. The van der Waals surface area contributed by atoms with Gasteiger partial charge in [0.25, 0.3) is 5.91 Å². The number of nitriles is 1. The molecule has 1 unspecified atom stereocenters. The summed E-state index contributed by atoms with van der Waals surface area (Å²) in [6.07, 6.45) is 5.71. The van der Waals surface area contributed by atoms with Crippen LogP contribution in [-0.4, -0.2) is 72.2 Å². The number of likely N-dealkylation sites (tertiary alicyclic amines) is 2. The van der Waals surface area contributed by atoms with E-state index in [-0.39, 0.29) is 17.6 Å².